The van der Waals surface area contributed by atoms with Gasteiger partial charge in [0.05, 0.1) is 12.0 Å². The van der Waals surface area contributed by atoms with Crippen LogP contribution in [0.25, 0.3) is 0 Å². The van der Waals surface area contributed by atoms with Gasteiger partial charge in [0.2, 0.25) is 5.91 Å². The van der Waals surface area contributed by atoms with Crippen LogP contribution in [0.1, 0.15) is 31.2 Å². The predicted molar refractivity (Wildman–Crippen MR) is 120 cm³/mol. The van der Waals surface area contributed by atoms with E-state index in [1.807, 2.05) is 53.4 Å². The van der Waals surface area contributed by atoms with Crippen molar-refractivity contribution in [1.29, 1.82) is 0 Å². The van der Waals surface area contributed by atoms with Crippen LogP contribution < -0.4 is 20.9 Å². The summed E-state index contributed by atoms with van der Waals surface area (Å²) in [6, 6.07) is 15.6. The van der Waals surface area contributed by atoms with Crippen LogP contribution >= 0.6 is 0 Å². The first-order valence-electron chi connectivity index (χ1n) is 11.2. The number of halogens is 3. The van der Waals surface area contributed by atoms with Crippen LogP contribution in [0.4, 0.5) is 30.2 Å². The zero-order valence-electron chi connectivity index (χ0n) is 17.9. The van der Waals surface area contributed by atoms with Gasteiger partial charge in [0, 0.05) is 36.7 Å². The summed E-state index contributed by atoms with van der Waals surface area (Å²) in [6.45, 7) is 2.24. The number of hydrogen-bond donors (Lipinski definition) is 3. The molecular weight excluding hydrogens is 417 g/mol. The summed E-state index contributed by atoms with van der Waals surface area (Å²) in [5.41, 5.74) is 3.81. The molecule has 1 atom stereocenters. The molecule has 5 nitrogen and oxygen atoms in total. The van der Waals surface area contributed by atoms with Crippen molar-refractivity contribution < 1.29 is 18.0 Å². The molecule has 0 aromatic heterocycles. The van der Waals surface area contributed by atoms with Gasteiger partial charge in [-0.1, -0.05) is 12.1 Å². The first kappa shape index (κ1) is 22.5. The Kier molecular flexibility index (Phi) is 6.89. The van der Waals surface area contributed by atoms with Crippen LogP contribution in [0.2, 0.25) is 0 Å². The third kappa shape index (κ3) is 5.73. The molecule has 4 rings (SSSR count). The van der Waals surface area contributed by atoms with Crippen LogP contribution in [0.15, 0.2) is 48.5 Å². The molecule has 2 aliphatic heterocycles. The standard InChI is InChI=1S/C24H29F3N4O/c25-24(26,27)18-11-14-31(15-12-18)21-9-7-20(8-10-21)30-19-5-3-17(4-6-19)16-29-23(32)22-2-1-13-28-22/h3-10,18,22,28,30H,1-2,11-16H2,(H,29,32). The van der Waals surface area contributed by atoms with E-state index >= 15 is 0 Å². The molecule has 8 heteroatoms. The molecular formula is C24H29F3N4O. The average molecular weight is 447 g/mol. The molecule has 0 saturated carbocycles. The monoisotopic (exact) mass is 446 g/mol. The van der Waals surface area contributed by atoms with Crippen LogP contribution in [0.3, 0.4) is 0 Å². The molecule has 0 bridgehead atoms. The minimum Gasteiger partial charge on any atom is -0.372 e. The van der Waals surface area contributed by atoms with Gasteiger partial charge in [0.1, 0.15) is 0 Å². The molecule has 2 fully saturated rings. The quantitative estimate of drug-likeness (QED) is 0.608. The van der Waals surface area contributed by atoms with Gasteiger partial charge in [-0.05, 0) is 74.2 Å². The average Bonchev–Trinajstić information content (AvgIpc) is 3.34. The molecule has 172 valence electrons. The Balaban J connectivity index is 1.26. The number of benzene rings is 2. The van der Waals surface area contributed by atoms with Crippen molar-refractivity contribution in [3.05, 3.63) is 54.1 Å². The van der Waals surface area contributed by atoms with Crippen molar-refractivity contribution in [3.8, 4) is 0 Å². The maximum absolute atomic E-state index is 12.9. The van der Waals surface area contributed by atoms with E-state index in [9.17, 15) is 18.0 Å². The number of piperidine rings is 1. The minimum absolute atomic E-state index is 0.0485. The molecule has 2 aromatic rings. The van der Waals surface area contributed by atoms with Crippen molar-refractivity contribution in [2.45, 2.75) is 44.4 Å². The van der Waals surface area contributed by atoms with Crippen molar-refractivity contribution in [3.63, 3.8) is 0 Å². The smallest absolute Gasteiger partial charge is 0.372 e. The van der Waals surface area contributed by atoms with E-state index in [0.29, 0.717) is 19.6 Å². The van der Waals surface area contributed by atoms with E-state index in [0.717, 1.165) is 42.0 Å². The highest BCUT2D eigenvalue weighted by Gasteiger charge is 2.41. The molecule has 2 aliphatic rings. The Labute approximate surface area is 186 Å². The fourth-order valence-corrected chi connectivity index (χ4v) is 4.31. The van der Waals surface area contributed by atoms with Crippen molar-refractivity contribution in [2.75, 3.05) is 29.9 Å². The summed E-state index contributed by atoms with van der Waals surface area (Å²) >= 11 is 0. The minimum atomic E-state index is -4.09. The molecule has 3 N–H and O–H groups in total. The van der Waals surface area contributed by atoms with Crippen molar-refractivity contribution >= 4 is 23.0 Å². The molecule has 1 unspecified atom stereocenters. The number of carbonyl (C=O) groups excluding carboxylic acids is 1. The molecule has 1 amide bonds. The van der Waals surface area contributed by atoms with Gasteiger partial charge in [-0.3, -0.25) is 4.79 Å². The molecule has 0 aliphatic carbocycles. The maximum atomic E-state index is 12.9. The predicted octanol–water partition coefficient (Wildman–Crippen LogP) is 4.58. The van der Waals surface area contributed by atoms with Gasteiger partial charge in [0.25, 0.3) is 0 Å². The first-order valence-corrected chi connectivity index (χ1v) is 11.2. The Morgan fingerprint density at radius 1 is 0.969 bits per heavy atom. The van der Waals surface area contributed by atoms with Gasteiger partial charge < -0.3 is 20.9 Å². The van der Waals surface area contributed by atoms with Crippen molar-refractivity contribution in [1.82, 2.24) is 10.6 Å². The molecule has 0 spiro atoms. The lowest BCUT2D eigenvalue weighted by Crippen LogP contribution is -2.39. The lowest BCUT2D eigenvalue weighted by atomic mass is 9.96. The fourth-order valence-electron chi connectivity index (χ4n) is 4.31. The summed E-state index contributed by atoms with van der Waals surface area (Å²) in [7, 11) is 0. The van der Waals surface area contributed by atoms with E-state index in [1.165, 1.54) is 0 Å². The highest BCUT2D eigenvalue weighted by molar-refractivity contribution is 5.82. The highest BCUT2D eigenvalue weighted by atomic mass is 19.4. The zero-order chi connectivity index (χ0) is 22.6. The van der Waals surface area contributed by atoms with Gasteiger partial charge in [0.15, 0.2) is 0 Å². The summed E-state index contributed by atoms with van der Waals surface area (Å²) in [4.78, 5) is 14.1. The number of amides is 1. The topological polar surface area (TPSA) is 56.4 Å². The molecule has 0 radical (unpaired) electrons. The van der Waals surface area contributed by atoms with Crippen LogP contribution in [-0.2, 0) is 11.3 Å². The maximum Gasteiger partial charge on any atom is 0.391 e. The molecule has 2 aromatic carbocycles. The Morgan fingerprint density at radius 3 is 2.16 bits per heavy atom. The highest BCUT2D eigenvalue weighted by Crippen LogP contribution is 2.35. The zero-order valence-corrected chi connectivity index (χ0v) is 17.9. The second-order valence-electron chi connectivity index (χ2n) is 8.54. The third-order valence-electron chi connectivity index (χ3n) is 6.28. The number of alkyl halides is 3. The van der Waals surface area contributed by atoms with E-state index in [4.69, 9.17) is 0 Å². The number of anilines is 3. The Hall–Kier alpha value is -2.74. The van der Waals surface area contributed by atoms with E-state index in [-0.39, 0.29) is 24.8 Å². The number of carbonyl (C=O) groups is 1. The Morgan fingerprint density at radius 2 is 1.59 bits per heavy atom. The molecule has 2 heterocycles. The second kappa shape index (κ2) is 9.81. The van der Waals surface area contributed by atoms with Gasteiger partial charge in [-0.2, -0.15) is 13.2 Å². The third-order valence-corrected chi connectivity index (χ3v) is 6.28. The number of hydrogen-bond acceptors (Lipinski definition) is 4. The van der Waals surface area contributed by atoms with E-state index in [1.54, 1.807) is 0 Å². The van der Waals surface area contributed by atoms with Crippen LogP contribution in [0.5, 0.6) is 0 Å². The number of rotatable bonds is 6. The summed E-state index contributed by atoms with van der Waals surface area (Å²) in [5, 5.41) is 9.49. The summed E-state index contributed by atoms with van der Waals surface area (Å²) in [5.74, 6) is -1.14. The summed E-state index contributed by atoms with van der Waals surface area (Å²) in [6.07, 6.45) is -1.87. The largest absolute Gasteiger partial charge is 0.391 e. The summed E-state index contributed by atoms with van der Waals surface area (Å²) < 4.78 is 38.6. The fraction of sp³-hybridized carbons (Fsp3) is 0.458. The number of nitrogens with zero attached hydrogens (tertiary/aromatic N) is 1. The lowest BCUT2D eigenvalue weighted by Gasteiger charge is -2.34. The van der Waals surface area contributed by atoms with Crippen LogP contribution in [-0.4, -0.2) is 37.8 Å². The van der Waals surface area contributed by atoms with E-state index < -0.39 is 12.1 Å². The molecule has 2 saturated heterocycles. The van der Waals surface area contributed by atoms with Gasteiger partial charge in [-0.15, -0.1) is 0 Å². The lowest BCUT2D eigenvalue weighted by molar-refractivity contribution is -0.179. The second-order valence-corrected chi connectivity index (χ2v) is 8.54. The van der Waals surface area contributed by atoms with Gasteiger partial charge >= 0.3 is 6.18 Å². The van der Waals surface area contributed by atoms with Crippen LogP contribution in [0, 0.1) is 5.92 Å². The molecule has 32 heavy (non-hydrogen) atoms. The van der Waals surface area contributed by atoms with Crippen molar-refractivity contribution in [2.24, 2.45) is 5.92 Å². The SMILES string of the molecule is O=C(NCc1ccc(Nc2ccc(N3CCC(C(F)(F)F)CC3)cc2)cc1)C1CCCN1. The normalized spacial score (nSPS) is 19.7. The number of nitrogens with one attached hydrogen (secondary N) is 3. The van der Waals surface area contributed by atoms with Gasteiger partial charge in [-0.25, -0.2) is 0 Å². The Bertz CT molecular complexity index is 885. The van der Waals surface area contributed by atoms with E-state index in [2.05, 4.69) is 16.0 Å². The first-order chi connectivity index (χ1) is 15.4.